The Hall–Kier alpha value is -4.91. The number of fused-ring (bicyclic) bond motifs is 8. The Labute approximate surface area is 309 Å². The molecular weight excluding hydrogens is 698 g/mol. The Morgan fingerprint density at radius 1 is 1.09 bits per heavy atom. The molecule has 2 atom stereocenters. The monoisotopic (exact) mass is 743 g/mol. The number of hydrogen-bond acceptors (Lipinski definition) is 9. The van der Waals surface area contributed by atoms with Crippen LogP contribution in [0.1, 0.15) is 93.6 Å². The quantitative estimate of drug-likeness (QED) is 0.194. The highest BCUT2D eigenvalue weighted by Gasteiger charge is 2.37. The second kappa shape index (κ2) is 14.8. The van der Waals surface area contributed by atoms with Crippen molar-refractivity contribution in [3.05, 3.63) is 100 Å². The van der Waals surface area contributed by atoms with Crippen LogP contribution in [0.25, 0.3) is 22.4 Å². The highest BCUT2D eigenvalue weighted by atomic mass is 32.2. The minimum Gasteiger partial charge on any atom is -0.466 e. The number of aryl methyl sites for hydroxylation is 2. The van der Waals surface area contributed by atoms with Gasteiger partial charge in [-0.15, -0.1) is 0 Å². The molecule has 5 aromatic rings. The summed E-state index contributed by atoms with van der Waals surface area (Å²) in [5.74, 6) is -0.903. The van der Waals surface area contributed by atoms with Crippen molar-refractivity contribution in [2.75, 3.05) is 18.1 Å². The van der Waals surface area contributed by atoms with E-state index in [4.69, 9.17) is 19.6 Å². The molecule has 0 fully saturated rings. The number of esters is 2. The third-order valence-corrected chi connectivity index (χ3v) is 12.1. The lowest BCUT2D eigenvalue weighted by Gasteiger charge is -2.31. The van der Waals surface area contributed by atoms with Gasteiger partial charge in [0.25, 0.3) is 0 Å². The van der Waals surface area contributed by atoms with E-state index in [-0.39, 0.29) is 42.5 Å². The van der Waals surface area contributed by atoms with Crippen LogP contribution in [0.15, 0.2) is 60.9 Å². The van der Waals surface area contributed by atoms with E-state index in [1.54, 1.807) is 49.2 Å². The number of ether oxygens (including phenoxy) is 2. The molecule has 0 aliphatic carbocycles. The van der Waals surface area contributed by atoms with Gasteiger partial charge in [0.1, 0.15) is 11.5 Å². The van der Waals surface area contributed by atoms with E-state index in [1.807, 2.05) is 38.1 Å². The van der Waals surface area contributed by atoms with Crippen molar-refractivity contribution >= 4 is 32.7 Å². The van der Waals surface area contributed by atoms with Crippen molar-refractivity contribution < 1.29 is 31.9 Å². The van der Waals surface area contributed by atoms with Crippen LogP contribution in [0.5, 0.6) is 0 Å². The first-order valence-corrected chi connectivity index (χ1v) is 19.7. The number of nitrogens with one attached hydrogen (secondary N) is 1. The molecule has 1 aliphatic rings. The van der Waals surface area contributed by atoms with Crippen LogP contribution in [0.3, 0.4) is 0 Å². The SMILES string of the molecule is CCOC(=O)Cc1cccc([C@@]2(C)CCCC(C)(C)CS(=O)(=O)CCc3c(c(F)cc4[nH]ccc34)C(OC(C)=O)c3ccnc(c3)-c3nc2nn3C)c1. The van der Waals surface area contributed by atoms with E-state index in [0.717, 1.165) is 11.1 Å². The number of pyridine rings is 1. The van der Waals surface area contributed by atoms with Crippen molar-refractivity contribution in [1.82, 2.24) is 24.7 Å². The Balaban J connectivity index is 1.54. The Kier molecular flexibility index (Phi) is 10.6. The van der Waals surface area contributed by atoms with Gasteiger partial charge in [-0.25, -0.2) is 22.5 Å². The lowest BCUT2D eigenvalue weighted by Crippen LogP contribution is -2.29. The van der Waals surface area contributed by atoms with Crippen LogP contribution < -0.4 is 0 Å². The van der Waals surface area contributed by atoms with Gasteiger partial charge in [0, 0.05) is 48.4 Å². The molecule has 2 aromatic carbocycles. The van der Waals surface area contributed by atoms with E-state index >= 15 is 4.39 Å². The first-order valence-electron chi connectivity index (χ1n) is 17.9. The molecule has 6 rings (SSSR count). The lowest BCUT2D eigenvalue weighted by molar-refractivity contribution is -0.145. The summed E-state index contributed by atoms with van der Waals surface area (Å²) in [5, 5.41) is 5.56. The van der Waals surface area contributed by atoms with Crippen LogP contribution in [-0.2, 0) is 54.2 Å². The van der Waals surface area contributed by atoms with Crippen molar-refractivity contribution in [3.8, 4) is 11.5 Å². The van der Waals surface area contributed by atoms with Gasteiger partial charge in [-0.05, 0) is 79.5 Å². The topological polar surface area (TPSA) is 146 Å². The summed E-state index contributed by atoms with van der Waals surface area (Å²) < 4.78 is 56.7. The van der Waals surface area contributed by atoms with Gasteiger partial charge in [0.2, 0.25) is 0 Å². The number of sulfone groups is 1. The Morgan fingerprint density at radius 2 is 1.89 bits per heavy atom. The highest BCUT2D eigenvalue weighted by molar-refractivity contribution is 7.91. The molecule has 1 unspecified atom stereocenters. The summed E-state index contributed by atoms with van der Waals surface area (Å²) in [6.45, 7) is 9.27. The number of rotatable bonds is 5. The number of carbonyl (C=O) groups is 2. The van der Waals surface area contributed by atoms with Crippen LogP contribution >= 0.6 is 0 Å². The smallest absolute Gasteiger partial charge is 0.310 e. The molecule has 53 heavy (non-hydrogen) atoms. The van der Waals surface area contributed by atoms with E-state index in [2.05, 4.69) is 16.9 Å². The number of hydrogen-bond donors (Lipinski definition) is 1. The van der Waals surface area contributed by atoms with E-state index in [1.165, 1.54) is 13.0 Å². The Morgan fingerprint density at radius 3 is 2.64 bits per heavy atom. The summed E-state index contributed by atoms with van der Waals surface area (Å²) in [4.78, 5) is 37.7. The van der Waals surface area contributed by atoms with Crippen LogP contribution in [0.4, 0.5) is 4.39 Å². The zero-order valence-corrected chi connectivity index (χ0v) is 31.8. The molecule has 3 aromatic heterocycles. The highest BCUT2D eigenvalue weighted by Crippen LogP contribution is 2.40. The third kappa shape index (κ3) is 8.19. The summed E-state index contributed by atoms with van der Waals surface area (Å²) in [7, 11) is -1.86. The predicted octanol–water partition coefficient (Wildman–Crippen LogP) is 6.73. The average molecular weight is 744 g/mol. The number of aromatic nitrogens is 5. The minimum atomic E-state index is -3.64. The summed E-state index contributed by atoms with van der Waals surface area (Å²) in [5.41, 5.74) is 2.27. The molecule has 0 radical (unpaired) electrons. The minimum absolute atomic E-state index is 0.0163. The van der Waals surface area contributed by atoms with E-state index < -0.39 is 38.6 Å². The number of halogens is 1. The molecular formula is C40H46FN5O6S. The summed E-state index contributed by atoms with van der Waals surface area (Å²) in [6, 6.07) is 14.2. The second-order valence-corrected chi connectivity index (χ2v) is 17.1. The fourth-order valence-electron chi connectivity index (χ4n) is 7.55. The van der Waals surface area contributed by atoms with Crippen molar-refractivity contribution in [1.29, 1.82) is 0 Å². The maximum atomic E-state index is 16.3. The molecule has 0 saturated heterocycles. The van der Waals surface area contributed by atoms with Gasteiger partial charge in [-0.1, -0.05) is 44.5 Å². The maximum absolute atomic E-state index is 16.3. The molecule has 11 nitrogen and oxygen atoms in total. The molecule has 0 saturated carbocycles. The molecule has 280 valence electrons. The second-order valence-electron chi connectivity index (χ2n) is 14.9. The largest absolute Gasteiger partial charge is 0.466 e. The standard InChI is InChI=1S/C40H46FN5O6S/c1-7-51-34(48)21-26-10-8-11-28(20-26)40(5)16-9-15-39(3,4)24-53(49,50)19-14-30-29-13-18-42-32(29)23-31(41)35(30)36(52-25(2)47)27-12-17-43-33(22-27)37-44-38(40)45-46(37)6/h8,10-13,17-18,20,22-23,36,42H,7,9,14-16,19,21,24H2,1-6H3/t36?,40-/m1/s1. The van der Waals surface area contributed by atoms with Gasteiger partial charge >= 0.3 is 11.9 Å². The van der Waals surface area contributed by atoms with Crippen LogP contribution in [0.2, 0.25) is 0 Å². The molecule has 0 amide bonds. The molecule has 4 bridgehead atoms. The van der Waals surface area contributed by atoms with Gasteiger partial charge in [-0.2, -0.15) is 5.10 Å². The maximum Gasteiger partial charge on any atom is 0.310 e. The Bertz CT molecular complexity index is 2280. The first kappa shape index (κ1) is 37.8. The van der Waals surface area contributed by atoms with Gasteiger partial charge in [0.05, 0.1) is 29.9 Å². The molecule has 1 aliphatic heterocycles. The number of carbonyl (C=O) groups excluding carboxylic acids is 2. The average Bonchev–Trinajstić information content (AvgIpc) is 3.72. The summed E-state index contributed by atoms with van der Waals surface area (Å²) >= 11 is 0. The van der Waals surface area contributed by atoms with Crippen LogP contribution in [0, 0.1) is 11.2 Å². The fraction of sp³-hybridized carbons (Fsp3) is 0.425. The first-order chi connectivity index (χ1) is 25.1. The third-order valence-electron chi connectivity index (χ3n) is 10.1. The van der Waals surface area contributed by atoms with Crippen molar-refractivity contribution in [2.24, 2.45) is 12.5 Å². The van der Waals surface area contributed by atoms with Crippen molar-refractivity contribution in [2.45, 2.75) is 78.2 Å². The van der Waals surface area contributed by atoms with Gasteiger partial charge in [-0.3, -0.25) is 14.6 Å². The number of aromatic amines is 1. The molecule has 4 heterocycles. The normalized spacial score (nSPS) is 20.2. The summed E-state index contributed by atoms with van der Waals surface area (Å²) in [6.07, 6.45) is 3.98. The van der Waals surface area contributed by atoms with E-state index in [0.29, 0.717) is 58.6 Å². The molecule has 1 N–H and O–H groups in total. The van der Waals surface area contributed by atoms with E-state index in [9.17, 15) is 18.0 Å². The van der Waals surface area contributed by atoms with Crippen LogP contribution in [-0.4, -0.2) is 63.2 Å². The number of benzene rings is 2. The van der Waals surface area contributed by atoms with Crippen molar-refractivity contribution in [3.63, 3.8) is 0 Å². The number of H-pyrrole nitrogens is 1. The predicted molar refractivity (Wildman–Crippen MR) is 199 cm³/mol. The van der Waals surface area contributed by atoms with Gasteiger partial charge < -0.3 is 14.5 Å². The zero-order valence-electron chi connectivity index (χ0n) is 31.0. The molecule has 13 heteroatoms. The fourth-order valence-corrected chi connectivity index (χ4v) is 9.55. The zero-order chi connectivity index (χ0) is 38.1. The van der Waals surface area contributed by atoms with Gasteiger partial charge in [0.15, 0.2) is 27.6 Å². The molecule has 0 spiro atoms. The lowest BCUT2D eigenvalue weighted by atomic mass is 9.75. The number of nitrogens with zero attached hydrogens (tertiary/aromatic N) is 4.